The van der Waals surface area contributed by atoms with Crippen molar-refractivity contribution in [2.24, 2.45) is 0 Å². The molecular weight excluding hydrogens is 402 g/mol. The van der Waals surface area contributed by atoms with Crippen LogP contribution in [0.2, 0.25) is 0 Å². The Morgan fingerprint density at radius 2 is 2.03 bits per heavy atom. The van der Waals surface area contributed by atoms with Gasteiger partial charge in [0.1, 0.15) is 18.1 Å². The van der Waals surface area contributed by atoms with Crippen molar-refractivity contribution in [3.63, 3.8) is 0 Å². The summed E-state index contributed by atoms with van der Waals surface area (Å²) in [4.78, 5) is 2.05. The maximum atomic E-state index is 12.9. The van der Waals surface area contributed by atoms with Crippen LogP contribution in [0.15, 0.2) is 36.5 Å². The second kappa shape index (κ2) is 8.10. The minimum Gasteiger partial charge on any atom is -0.507 e. The highest BCUT2D eigenvalue weighted by atomic mass is 19.4. The van der Waals surface area contributed by atoms with Gasteiger partial charge in [-0.25, -0.2) is 4.39 Å². The number of hydrogen-bond acceptors (Lipinski definition) is 5. The SMILES string of the molecule is Oc1cc(C(F)(F)F)ccc1-c1nnc(N[C@@H]2CCCN(CCF)C2)n2cccc12. The first-order valence-electron chi connectivity index (χ1n) is 9.66. The van der Waals surface area contributed by atoms with Gasteiger partial charge in [-0.1, -0.05) is 0 Å². The first-order valence-corrected chi connectivity index (χ1v) is 9.66. The molecule has 2 N–H and O–H groups in total. The molecule has 0 spiro atoms. The van der Waals surface area contributed by atoms with Crippen LogP contribution in [0, 0.1) is 0 Å². The molecule has 1 aromatic carbocycles. The summed E-state index contributed by atoms with van der Waals surface area (Å²) in [5.74, 6) is -0.0330. The minimum absolute atomic E-state index is 0.0792. The second-order valence-corrected chi connectivity index (χ2v) is 7.34. The zero-order valence-electron chi connectivity index (χ0n) is 16.0. The summed E-state index contributed by atoms with van der Waals surface area (Å²) in [6.45, 7) is 1.56. The number of benzene rings is 1. The Morgan fingerprint density at radius 3 is 2.77 bits per heavy atom. The number of phenolic OH excluding ortho intramolecular Hbond substituents is 1. The molecule has 3 heterocycles. The summed E-state index contributed by atoms with van der Waals surface area (Å²) in [7, 11) is 0. The average Bonchev–Trinajstić information content (AvgIpc) is 3.19. The lowest BCUT2D eigenvalue weighted by molar-refractivity contribution is -0.137. The van der Waals surface area contributed by atoms with Crippen LogP contribution in [0.25, 0.3) is 16.8 Å². The molecule has 0 aliphatic carbocycles. The highest BCUT2D eigenvalue weighted by molar-refractivity contribution is 5.81. The third-order valence-corrected chi connectivity index (χ3v) is 5.28. The number of phenols is 1. The van der Waals surface area contributed by atoms with Crippen molar-refractivity contribution in [1.29, 1.82) is 0 Å². The molecule has 160 valence electrons. The van der Waals surface area contributed by atoms with Crippen molar-refractivity contribution in [3.05, 3.63) is 42.1 Å². The smallest absolute Gasteiger partial charge is 0.416 e. The fraction of sp³-hybridized carbons (Fsp3) is 0.400. The molecule has 1 saturated heterocycles. The number of hydrogen-bond donors (Lipinski definition) is 2. The van der Waals surface area contributed by atoms with Crippen molar-refractivity contribution in [1.82, 2.24) is 19.5 Å². The van der Waals surface area contributed by atoms with Gasteiger partial charge in [0.2, 0.25) is 5.95 Å². The Morgan fingerprint density at radius 1 is 1.20 bits per heavy atom. The molecule has 1 fully saturated rings. The van der Waals surface area contributed by atoms with Crippen molar-refractivity contribution in [2.45, 2.75) is 25.1 Å². The number of rotatable bonds is 5. The fourth-order valence-corrected chi connectivity index (χ4v) is 3.83. The van der Waals surface area contributed by atoms with E-state index in [1.165, 1.54) is 6.07 Å². The molecular formula is C20H21F4N5O. The number of halogens is 4. The number of fused-ring (bicyclic) bond motifs is 1. The molecule has 0 unspecified atom stereocenters. The van der Waals surface area contributed by atoms with E-state index in [0.29, 0.717) is 30.6 Å². The standard InChI is InChI=1S/C20H21F4N5O/c21-7-10-28-8-1-3-14(12-28)25-19-27-26-18(16-4-2-9-29(16)19)15-6-5-13(11-17(15)30)20(22,23)24/h2,4-6,9,11,14,30H,1,3,7-8,10,12H2,(H,25,27)/t14-/m1/s1. The Kier molecular flexibility index (Phi) is 5.50. The van der Waals surface area contributed by atoms with Crippen molar-refractivity contribution in [2.75, 3.05) is 31.6 Å². The van der Waals surface area contributed by atoms with Crippen LogP contribution in [-0.4, -0.2) is 57.0 Å². The van der Waals surface area contributed by atoms with E-state index in [1.807, 2.05) is 0 Å². The summed E-state index contributed by atoms with van der Waals surface area (Å²) in [6, 6.07) is 6.38. The van der Waals surface area contributed by atoms with Gasteiger partial charge >= 0.3 is 6.18 Å². The number of nitrogens with zero attached hydrogens (tertiary/aromatic N) is 4. The van der Waals surface area contributed by atoms with Gasteiger partial charge in [0, 0.05) is 30.9 Å². The quantitative estimate of drug-likeness (QED) is 0.608. The first-order chi connectivity index (χ1) is 14.4. The summed E-state index contributed by atoms with van der Waals surface area (Å²) >= 11 is 0. The number of alkyl halides is 4. The predicted octanol–water partition coefficient (Wildman–Crippen LogP) is 3.97. The largest absolute Gasteiger partial charge is 0.507 e. The zero-order valence-corrected chi connectivity index (χ0v) is 16.0. The van der Waals surface area contributed by atoms with E-state index >= 15 is 0 Å². The molecule has 0 amide bonds. The third-order valence-electron chi connectivity index (χ3n) is 5.28. The minimum atomic E-state index is -4.55. The molecule has 10 heteroatoms. The lowest BCUT2D eigenvalue weighted by atomic mass is 10.1. The summed E-state index contributed by atoms with van der Waals surface area (Å²) < 4.78 is 53.0. The van der Waals surface area contributed by atoms with Gasteiger partial charge in [-0.05, 0) is 49.7 Å². The van der Waals surface area contributed by atoms with Gasteiger partial charge in [0.05, 0.1) is 11.1 Å². The van der Waals surface area contributed by atoms with Crippen LogP contribution in [0.4, 0.5) is 23.5 Å². The highest BCUT2D eigenvalue weighted by Crippen LogP contribution is 2.37. The van der Waals surface area contributed by atoms with Gasteiger partial charge in [0.15, 0.2) is 0 Å². The van der Waals surface area contributed by atoms with Gasteiger partial charge in [-0.15, -0.1) is 10.2 Å². The van der Waals surface area contributed by atoms with Crippen LogP contribution in [-0.2, 0) is 6.18 Å². The maximum Gasteiger partial charge on any atom is 0.416 e. The van der Waals surface area contributed by atoms with Crippen molar-refractivity contribution < 1.29 is 22.7 Å². The van der Waals surface area contributed by atoms with Gasteiger partial charge in [0.25, 0.3) is 0 Å². The number of anilines is 1. The van der Waals surface area contributed by atoms with E-state index in [1.54, 1.807) is 22.7 Å². The number of aromatic nitrogens is 3. The Labute approximate surface area is 170 Å². The van der Waals surface area contributed by atoms with E-state index < -0.39 is 17.5 Å². The van der Waals surface area contributed by atoms with E-state index in [-0.39, 0.29) is 24.0 Å². The normalized spacial score (nSPS) is 18.1. The summed E-state index contributed by atoms with van der Waals surface area (Å²) in [6.07, 6.45) is -0.929. The molecule has 0 bridgehead atoms. The molecule has 1 aliphatic heterocycles. The molecule has 1 atom stereocenters. The number of piperidine rings is 1. The Bertz CT molecular complexity index is 1030. The van der Waals surface area contributed by atoms with Crippen molar-refractivity contribution >= 4 is 11.5 Å². The summed E-state index contributed by atoms with van der Waals surface area (Å²) in [5, 5.41) is 21.9. The number of likely N-dealkylation sites (tertiary alicyclic amines) is 1. The predicted molar refractivity (Wildman–Crippen MR) is 104 cm³/mol. The van der Waals surface area contributed by atoms with Gasteiger partial charge in [-0.2, -0.15) is 13.2 Å². The Hall–Kier alpha value is -2.88. The lowest BCUT2D eigenvalue weighted by Crippen LogP contribution is -2.43. The Balaban J connectivity index is 1.63. The first kappa shape index (κ1) is 20.4. The third kappa shape index (κ3) is 4.04. The van der Waals surface area contributed by atoms with Crippen LogP contribution in [0.5, 0.6) is 5.75 Å². The summed E-state index contributed by atoms with van der Waals surface area (Å²) in [5.41, 5.74) is 0.104. The van der Waals surface area contributed by atoms with Crippen LogP contribution >= 0.6 is 0 Å². The maximum absolute atomic E-state index is 12.9. The van der Waals surface area contributed by atoms with E-state index in [4.69, 9.17) is 0 Å². The molecule has 6 nitrogen and oxygen atoms in total. The van der Waals surface area contributed by atoms with Crippen LogP contribution in [0.1, 0.15) is 18.4 Å². The van der Waals surface area contributed by atoms with E-state index in [9.17, 15) is 22.7 Å². The van der Waals surface area contributed by atoms with Crippen molar-refractivity contribution in [3.8, 4) is 17.0 Å². The molecule has 0 radical (unpaired) electrons. The van der Waals surface area contributed by atoms with Gasteiger partial charge in [-0.3, -0.25) is 9.30 Å². The molecule has 1 aliphatic rings. The van der Waals surface area contributed by atoms with E-state index in [2.05, 4.69) is 20.4 Å². The second-order valence-electron chi connectivity index (χ2n) is 7.34. The monoisotopic (exact) mass is 423 g/mol. The van der Waals surface area contributed by atoms with Crippen LogP contribution < -0.4 is 5.32 Å². The number of aromatic hydroxyl groups is 1. The molecule has 4 rings (SSSR count). The molecule has 3 aromatic rings. The average molecular weight is 423 g/mol. The fourth-order valence-electron chi connectivity index (χ4n) is 3.83. The topological polar surface area (TPSA) is 65.7 Å². The van der Waals surface area contributed by atoms with Gasteiger partial charge < -0.3 is 10.4 Å². The van der Waals surface area contributed by atoms with E-state index in [0.717, 1.165) is 25.5 Å². The number of nitrogens with one attached hydrogen (secondary N) is 1. The lowest BCUT2D eigenvalue weighted by Gasteiger charge is -2.32. The highest BCUT2D eigenvalue weighted by Gasteiger charge is 2.31. The molecule has 30 heavy (non-hydrogen) atoms. The molecule has 2 aromatic heterocycles. The zero-order chi connectivity index (χ0) is 21.3. The molecule has 0 saturated carbocycles. The van der Waals surface area contributed by atoms with Crippen LogP contribution in [0.3, 0.4) is 0 Å².